The zero-order chi connectivity index (χ0) is 16.4. The molecule has 120 valence electrons. The number of aromatic nitrogens is 2. The number of hydrogen-bond donors (Lipinski definition) is 3. The molecule has 0 unspecified atom stereocenters. The molecule has 0 radical (unpaired) electrons. The maximum atomic E-state index is 11.1. The summed E-state index contributed by atoms with van der Waals surface area (Å²) in [6.07, 6.45) is 4.30. The maximum absolute atomic E-state index is 11.1. The smallest absolute Gasteiger partial charge is 0.232 e. The van der Waals surface area contributed by atoms with Crippen LogP contribution < -0.4 is 15.8 Å². The van der Waals surface area contributed by atoms with E-state index in [4.69, 9.17) is 5.73 Å². The number of anilines is 2. The van der Waals surface area contributed by atoms with Gasteiger partial charge in [0.1, 0.15) is 5.03 Å². The number of guanidine groups is 1. The van der Waals surface area contributed by atoms with Crippen LogP contribution in [-0.2, 0) is 16.6 Å². The van der Waals surface area contributed by atoms with E-state index in [1.807, 2.05) is 18.2 Å². The minimum atomic E-state index is -3.41. The van der Waals surface area contributed by atoms with Crippen molar-refractivity contribution in [3.8, 4) is 0 Å². The van der Waals surface area contributed by atoms with E-state index in [0.717, 1.165) is 27.4 Å². The first-order valence-corrected chi connectivity index (χ1v) is 9.28. The van der Waals surface area contributed by atoms with Crippen LogP contribution >= 0.6 is 11.8 Å². The third-order valence-corrected chi connectivity index (χ3v) is 4.54. The minimum absolute atomic E-state index is 0.135. The third-order valence-electron chi connectivity index (χ3n) is 2.89. The van der Waals surface area contributed by atoms with Crippen LogP contribution in [0.25, 0.3) is 0 Å². The van der Waals surface area contributed by atoms with Crippen LogP contribution in [0.3, 0.4) is 0 Å². The molecule has 0 bridgehead atoms. The lowest BCUT2D eigenvalue weighted by Crippen LogP contribution is -2.35. The molecule has 0 amide bonds. The Morgan fingerprint density at radius 1 is 1.39 bits per heavy atom. The van der Waals surface area contributed by atoms with E-state index < -0.39 is 10.0 Å². The molecule has 4 N–H and O–H groups in total. The van der Waals surface area contributed by atoms with E-state index in [9.17, 15) is 8.42 Å². The molecule has 0 aliphatic carbocycles. The van der Waals surface area contributed by atoms with E-state index in [-0.39, 0.29) is 12.5 Å². The van der Waals surface area contributed by atoms with Gasteiger partial charge in [-0.1, -0.05) is 17.8 Å². The van der Waals surface area contributed by atoms with Gasteiger partial charge < -0.3 is 11.1 Å². The predicted octanol–water partition coefficient (Wildman–Crippen LogP) is 1.05. The summed E-state index contributed by atoms with van der Waals surface area (Å²) >= 11 is 1.54. The van der Waals surface area contributed by atoms with Crippen LogP contribution in [0.5, 0.6) is 0 Å². The quantitative estimate of drug-likeness (QED) is 0.476. The van der Waals surface area contributed by atoms with Gasteiger partial charge in [0.2, 0.25) is 16.0 Å². The Hall–Kier alpha value is -2.33. The molecule has 1 aromatic heterocycles. The minimum Gasteiger partial charge on any atom is -0.369 e. The molecule has 2 aromatic rings. The van der Waals surface area contributed by atoms with Gasteiger partial charge in [0.15, 0.2) is 5.82 Å². The van der Waals surface area contributed by atoms with Crippen LogP contribution in [-0.4, -0.2) is 30.6 Å². The Morgan fingerprint density at radius 3 is 2.96 bits per heavy atom. The predicted molar refractivity (Wildman–Crippen MR) is 89.2 cm³/mol. The molecule has 0 spiro atoms. The second-order valence-electron chi connectivity index (χ2n) is 4.84. The van der Waals surface area contributed by atoms with Gasteiger partial charge in [0.05, 0.1) is 18.5 Å². The van der Waals surface area contributed by atoms with Crippen LogP contribution in [0, 0.1) is 0 Å². The Labute approximate surface area is 137 Å². The van der Waals surface area contributed by atoms with E-state index in [0.29, 0.717) is 5.82 Å². The average Bonchev–Trinajstić information content (AvgIpc) is 2.49. The number of nitrogens with one attached hydrogen (secondary N) is 2. The highest BCUT2D eigenvalue weighted by molar-refractivity contribution is 7.99. The second kappa shape index (κ2) is 6.05. The van der Waals surface area contributed by atoms with Crippen molar-refractivity contribution in [1.82, 2.24) is 14.7 Å². The first-order chi connectivity index (χ1) is 10.9. The fourth-order valence-electron chi connectivity index (χ4n) is 1.98. The SMILES string of the molecule is CS(=O)(=O)NC(N)=NCc1ccc2c(c1)Nc1nccnc1S2. The molecular weight excluding hydrogens is 336 g/mol. The molecular formula is C13H14N6O2S2. The van der Waals surface area contributed by atoms with Gasteiger partial charge >= 0.3 is 0 Å². The lowest BCUT2D eigenvalue weighted by molar-refractivity contribution is 0.598. The summed E-state index contributed by atoms with van der Waals surface area (Å²) in [7, 11) is -3.41. The molecule has 10 heteroatoms. The number of rotatable bonds is 3. The number of benzene rings is 1. The molecule has 1 aliphatic heterocycles. The van der Waals surface area contributed by atoms with Crippen molar-refractivity contribution in [1.29, 1.82) is 0 Å². The zero-order valence-corrected chi connectivity index (χ0v) is 13.8. The first-order valence-electron chi connectivity index (χ1n) is 6.57. The molecule has 0 fully saturated rings. The summed E-state index contributed by atoms with van der Waals surface area (Å²) in [5.74, 6) is 0.577. The molecule has 23 heavy (non-hydrogen) atoms. The number of aliphatic imine (C=N–C) groups is 1. The van der Waals surface area contributed by atoms with Crippen LogP contribution in [0.15, 0.2) is 45.5 Å². The number of fused-ring (bicyclic) bond motifs is 2. The van der Waals surface area contributed by atoms with Crippen molar-refractivity contribution in [2.45, 2.75) is 16.5 Å². The monoisotopic (exact) mass is 350 g/mol. The van der Waals surface area contributed by atoms with Gasteiger partial charge in [-0.2, -0.15) is 0 Å². The second-order valence-corrected chi connectivity index (χ2v) is 7.62. The summed E-state index contributed by atoms with van der Waals surface area (Å²) < 4.78 is 24.3. The average molecular weight is 350 g/mol. The van der Waals surface area contributed by atoms with Crippen molar-refractivity contribution in [3.05, 3.63) is 36.2 Å². The standard InChI is InChI=1S/C13H14N6O2S2/c1-23(20,21)19-13(14)17-7-8-2-3-10-9(6-8)18-11-12(22-10)16-5-4-15-11/h2-6H,7H2,1H3,(H,15,18)(H3,14,17,19). The lowest BCUT2D eigenvalue weighted by atomic mass is 10.2. The Bertz CT molecular complexity index is 882. The Balaban J connectivity index is 1.77. The van der Waals surface area contributed by atoms with Crippen LogP contribution in [0.2, 0.25) is 0 Å². The van der Waals surface area contributed by atoms with Crippen molar-refractivity contribution in [3.63, 3.8) is 0 Å². The summed E-state index contributed by atoms with van der Waals surface area (Å²) in [6.45, 7) is 0.265. The topological polar surface area (TPSA) is 122 Å². The first kappa shape index (κ1) is 15.6. The van der Waals surface area contributed by atoms with Crippen LogP contribution in [0.1, 0.15) is 5.56 Å². The van der Waals surface area contributed by atoms with Gasteiger partial charge in [-0.05, 0) is 17.7 Å². The van der Waals surface area contributed by atoms with E-state index in [1.165, 1.54) is 11.8 Å². The van der Waals surface area contributed by atoms with Gasteiger partial charge in [0.25, 0.3) is 0 Å². The van der Waals surface area contributed by atoms with Crippen molar-refractivity contribution in [2.24, 2.45) is 10.7 Å². The van der Waals surface area contributed by atoms with Gasteiger partial charge in [-0.3, -0.25) is 4.72 Å². The van der Waals surface area contributed by atoms with Crippen molar-refractivity contribution in [2.75, 3.05) is 11.6 Å². The molecule has 1 aliphatic rings. The van der Waals surface area contributed by atoms with E-state index in [2.05, 4.69) is 25.0 Å². The highest BCUT2D eigenvalue weighted by Gasteiger charge is 2.17. The summed E-state index contributed by atoms with van der Waals surface area (Å²) in [5, 5.41) is 4.05. The number of hydrogen-bond acceptors (Lipinski definition) is 7. The lowest BCUT2D eigenvalue weighted by Gasteiger charge is -2.19. The highest BCUT2D eigenvalue weighted by Crippen LogP contribution is 2.41. The summed E-state index contributed by atoms with van der Waals surface area (Å²) in [6, 6.07) is 5.79. The molecule has 0 saturated heterocycles. The normalized spacial score (nSPS) is 13.7. The Kier molecular flexibility index (Phi) is 4.09. The number of nitrogens with two attached hydrogens (primary N) is 1. The van der Waals surface area contributed by atoms with Crippen molar-refractivity contribution >= 4 is 39.2 Å². The molecule has 0 atom stereocenters. The highest BCUT2D eigenvalue weighted by atomic mass is 32.2. The van der Waals surface area contributed by atoms with Crippen LogP contribution in [0.4, 0.5) is 11.5 Å². The fraction of sp³-hybridized carbons (Fsp3) is 0.154. The number of sulfonamides is 1. The molecule has 8 nitrogen and oxygen atoms in total. The van der Waals surface area contributed by atoms with Gasteiger partial charge in [0, 0.05) is 17.3 Å². The summed E-state index contributed by atoms with van der Waals surface area (Å²) in [5.41, 5.74) is 7.33. The summed E-state index contributed by atoms with van der Waals surface area (Å²) in [4.78, 5) is 13.6. The van der Waals surface area contributed by atoms with Crippen molar-refractivity contribution < 1.29 is 8.42 Å². The Morgan fingerprint density at radius 2 is 2.17 bits per heavy atom. The van der Waals surface area contributed by atoms with Gasteiger partial charge in [-0.25, -0.2) is 23.4 Å². The zero-order valence-electron chi connectivity index (χ0n) is 12.1. The van der Waals surface area contributed by atoms with E-state index in [1.54, 1.807) is 12.4 Å². The molecule has 1 aromatic carbocycles. The fourth-order valence-corrected chi connectivity index (χ4v) is 3.30. The third kappa shape index (κ3) is 3.90. The van der Waals surface area contributed by atoms with Gasteiger partial charge in [-0.15, -0.1) is 0 Å². The molecule has 3 rings (SSSR count). The van der Waals surface area contributed by atoms with E-state index >= 15 is 0 Å². The maximum Gasteiger partial charge on any atom is 0.232 e. The molecule has 0 saturated carbocycles. The largest absolute Gasteiger partial charge is 0.369 e. The number of nitrogens with zero attached hydrogens (tertiary/aromatic N) is 3. The molecule has 2 heterocycles.